The SMILES string of the molecule is [Cl][W]([Cl])([c]1ccccn1)[c]1ccccn1. The second kappa shape index (κ2) is 4.61. The molecule has 0 amide bonds. The van der Waals surface area contributed by atoms with Crippen molar-refractivity contribution in [1.29, 1.82) is 0 Å². The van der Waals surface area contributed by atoms with Crippen molar-refractivity contribution in [1.82, 2.24) is 9.97 Å². The van der Waals surface area contributed by atoms with E-state index in [1.165, 1.54) is 0 Å². The van der Waals surface area contributed by atoms with Crippen molar-refractivity contribution in [3.05, 3.63) is 48.8 Å². The van der Waals surface area contributed by atoms with Crippen molar-refractivity contribution in [2.75, 3.05) is 0 Å². The number of hydrogen-bond donors (Lipinski definition) is 0. The van der Waals surface area contributed by atoms with Crippen molar-refractivity contribution >= 4 is 27.0 Å². The van der Waals surface area contributed by atoms with E-state index in [2.05, 4.69) is 9.97 Å². The number of pyridine rings is 2. The van der Waals surface area contributed by atoms with Gasteiger partial charge in [0, 0.05) is 0 Å². The molecule has 0 aromatic carbocycles. The third-order valence-electron chi connectivity index (χ3n) is 1.80. The van der Waals surface area contributed by atoms with Crippen LogP contribution in [0.4, 0.5) is 0 Å². The van der Waals surface area contributed by atoms with Crippen LogP contribution >= 0.6 is 18.8 Å². The van der Waals surface area contributed by atoms with Gasteiger partial charge in [0.2, 0.25) is 0 Å². The molecule has 2 aromatic heterocycles. The summed E-state index contributed by atoms with van der Waals surface area (Å²) >= 11 is -3.50. The summed E-state index contributed by atoms with van der Waals surface area (Å²) in [5, 5.41) is 0. The first kappa shape index (κ1) is 11.1. The van der Waals surface area contributed by atoms with Crippen LogP contribution in [0.2, 0.25) is 0 Å². The average molecular weight is 411 g/mol. The predicted octanol–water partition coefficient (Wildman–Crippen LogP) is 1.89. The summed E-state index contributed by atoms with van der Waals surface area (Å²) in [6.45, 7) is 0. The monoisotopic (exact) mass is 410 g/mol. The maximum atomic E-state index is 6.44. The topological polar surface area (TPSA) is 25.8 Å². The molecule has 0 bridgehead atoms. The van der Waals surface area contributed by atoms with Crippen molar-refractivity contribution in [2.24, 2.45) is 0 Å². The van der Waals surface area contributed by atoms with E-state index < -0.39 is 14.0 Å². The Morgan fingerprint density at radius 2 is 1.27 bits per heavy atom. The summed E-state index contributed by atoms with van der Waals surface area (Å²) in [4.78, 5) is 8.43. The molecular formula is C10H8Cl2N2W. The van der Waals surface area contributed by atoms with Crippen molar-refractivity contribution < 1.29 is 14.0 Å². The van der Waals surface area contributed by atoms with Gasteiger partial charge in [-0.1, -0.05) is 0 Å². The van der Waals surface area contributed by atoms with Crippen LogP contribution in [0.1, 0.15) is 0 Å². The van der Waals surface area contributed by atoms with Crippen molar-refractivity contribution in [3.8, 4) is 0 Å². The van der Waals surface area contributed by atoms with Crippen LogP contribution in [0.5, 0.6) is 0 Å². The van der Waals surface area contributed by atoms with E-state index >= 15 is 0 Å². The van der Waals surface area contributed by atoms with Gasteiger partial charge >= 0.3 is 99.7 Å². The van der Waals surface area contributed by atoms with Gasteiger partial charge in [-0.2, -0.15) is 0 Å². The van der Waals surface area contributed by atoms with Crippen molar-refractivity contribution in [3.63, 3.8) is 0 Å². The van der Waals surface area contributed by atoms with E-state index in [1.807, 2.05) is 36.4 Å². The van der Waals surface area contributed by atoms with Crippen LogP contribution in [-0.4, -0.2) is 9.97 Å². The van der Waals surface area contributed by atoms with Gasteiger partial charge < -0.3 is 0 Å². The van der Waals surface area contributed by atoms with Crippen LogP contribution < -0.4 is 8.17 Å². The third-order valence-corrected chi connectivity index (χ3v) is 12.5. The Bertz CT molecular complexity index is 392. The quantitative estimate of drug-likeness (QED) is 0.755. The van der Waals surface area contributed by atoms with Gasteiger partial charge in [0.15, 0.2) is 0 Å². The number of nitrogens with zero attached hydrogens (tertiary/aromatic N) is 2. The molecule has 0 aliphatic carbocycles. The number of halogens is 2. The molecule has 0 saturated carbocycles. The Hall–Kier alpha value is -0.432. The van der Waals surface area contributed by atoms with Crippen molar-refractivity contribution in [2.45, 2.75) is 0 Å². The van der Waals surface area contributed by atoms with Gasteiger partial charge in [-0.3, -0.25) is 0 Å². The predicted molar refractivity (Wildman–Crippen MR) is 59.4 cm³/mol. The summed E-state index contributed by atoms with van der Waals surface area (Å²) in [6.07, 6.45) is 3.41. The van der Waals surface area contributed by atoms with Crippen LogP contribution in [-0.2, 0) is 14.0 Å². The zero-order valence-electron chi connectivity index (χ0n) is 7.68. The number of rotatable bonds is 2. The molecule has 15 heavy (non-hydrogen) atoms. The Kier molecular flexibility index (Phi) is 3.40. The fourth-order valence-electron chi connectivity index (χ4n) is 1.10. The molecule has 0 unspecified atom stereocenters. The molecule has 0 N–H and O–H groups in total. The molecule has 2 nitrogen and oxygen atoms in total. The molecular weight excluding hydrogens is 403 g/mol. The van der Waals surface area contributed by atoms with Gasteiger partial charge in [-0.05, 0) is 0 Å². The minimum absolute atomic E-state index is 0.784. The Morgan fingerprint density at radius 3 is 1.60 bits per heavy atom. The molecule has 2 aromatic rings. The van der Waals surface area contributed by atoms with Gasteiger partial charge in [-0.15, -0.1) is 0 Å². The standard InChI is InChI=1S/2C5H4N.2ClH.W/c2*1-2-4-6-5-3-1;;;/h2*1-4H;2*1H;/q;;;;+2/p-2. The summed E-state index contributed by atoms with van der Waals surface area (Å²) < 4.78 is 1.57. The molecule has 2 rings (SSSR count). The van der Waals surface area contributed by atoms with E-state index in [0.29, 0.717) is 0 Å². The molecule has 0 fully saturated rings. The molecule has 0 aliphatic heterocycles. The van der Waals surface area contributed by atoms with E-state index in [0.717, 1.165) is 8.17 Å². The van der Waals surface area contributed by atoms with E-state index in [1.54, 1.807) is 12.4 Å². The molecule has 0 saturated heterocycles. The van der Waals surface area contributed by atoms with E-state index in [4.69, 9.17) is 18.8 Å². The zero-order valence-corrected chi connectivity index (χ0v) is 12.1. The molecule has 0 radical (unpaired) electrons. The summed E-state index contributed by atoms with van der Waals surface area (Å²) in [5.41, 5.74) is 0. The maximum absolute atomic E-state index is 6.44. The molecule has 2 heterocycles. The molecule has 78 valence electrons. The fraction of sp³-hybridized carbons (Fsp3) is 0. The summed E-state index contributed by atoms with van der Waals surface area (Å²) in [7, 11) is 12.9. The zero-order chi connectivity index (χ0) is 10.7. The van der Waals surface area contributed by atoms with Gasteiger partial charge in [0.05, 0.1) is 0 Å². The number of aromatic nitrogens is 2. The van der Waals surface area contributed by atoms with Gasteiger partial charge in [0.25, 0.3) is 0 Å². The Labute approximate surface area is 99.3 Å². The molecule has 5 heteroatoms. The van der Waals surface area contributed by atoms with E-state index in [-0.39, 0.29) is 0 Å². The first-order valence-electron chi connectivity index (χ1n) is 4.26. The summed E-state index contributed by atoms with van der Waals surface area (Å²) in [6, 6.07) is 11.2. The van der Waals surface area contributed by atoms with Crippen LogP contribution in [0.15, 0.2) is 48.8 Å². The fourth-order valence-corrected chi connectivity index (χ4v) is 8.04. The first-order chi connectivity index (χ1) is 7.21. The molecule has 0 spiro atoms. The summed E-state index contributed by atoms with van der Waals surface area (Å²) in [5.74, 6) is 0. The van der Waals surface area contributed by atoms with Gasteiger partial charge in [0.1, 0.15) is 0 Å². The van der Waals surface area contributed by atoms with E-state index in [9.17, 15) is 0 Å². The normalized spacial score (nSPS) is 12.4. The molecule has 0 atom stereocenters. The van der Waals surface area contributed by atoms with Crippen LogP contribution in [0.25, 0.3) is 0 Å². The van der Waals surface area contributed by atoms with Crippen LogP contribution in [0.3, 0.4) is 0 Å². The number of hydrogen-bond acceptors (Lipinski definition) is 2. The van der Waals surface area contributed by atoms with Crippen LogP contribution in [0, 0.1) is 0 Å². The second-order valence-electron chi connectivity index (χ2n) is 2.80. The first-order valence-corrected chi connectivity index (χ1v) is 14.5. The average Bonchev–Trinajstić information content (AvgIpc) is 2.31. The Morgan fingerprint density at radius 1 is 0.800 bits per heavy atom. The Balaban J connectivity index is 2.44. The van der Waals surface area contributed by atoms with Gasteiger partial charge in [-0.25, -0.2) is 0 Å². The third kappa shape index (κ3) is 2.39. The second-order valence-corrected chi connectivity index (χ2v) is 18.1. The molecule has 0 aliphatic rings. The minimum atomic E-state index is -3.50.